The lowest BCUT2D eigenvalue weighted by Gasteiger charge is -2.40. The maximum absolute atomic E-state index is 13.0. The van der Waals surface area contributed by atoms with Crippen LogP contribution in [0.3, 0.4) is 0 Å². The predicted molar refractivity (Wildman–Crippen MR) is 123 cm³/mol. The molecule has 0 unspecified atom stereocenters. The molecule has 0 aliphatic carbocycles. The van der Waals surface area contributed by atoms with Crippen LogP contribution in [-0.2, 0) is 13.0 Å². The lowest BCUT2D eigenvalue weighted by Crippen LogP contribution is -2.48. The highest BCUT2D eigenvalue weighted by Gasteiger charge is 2.32. The van der Waals surface area contributed by atoms with Gasteiger partial charge in [0.05, 0.1) is 11.4 Å². The second-order valence-corrected chi connectivity index (χ2v) is 8.93. The van der Waals surface area contributed by atoms with E-state index in [4.69, 9.17) is 4.98 Å². The highest BCUT2D eigenvalue weighted by molar-refractivity contribution is 5.85. The van der Waals surface area contributed by atoms with Gasteiger partial charge >= 0.3 is 0 Å². The van der Waals surface area contributed by atoms with E-state index in [9.17, 15) is 4.79 Å². The van der Waals surface area contributed by atoms with Gasteiger partial charge in [0, 0.05) is 37.3 Å². The first-order chi connectivity index (χ1) is 15.0. The van der Waals surface area contributed by atoms with Crippen LogP contribution in [-0.4, -0.2) is 32.6 Å². The lowest BCUT2D eigenvalue weighted by molar-refractivity contribution is 0.274. The van der Waals surface area contributed by atoms with Gasteiger partial charge in [-0.15, -0.1) is 0 Å². The molecular formula is C25H25N5O. The molecule has 1 aliphatic rings. The Morgan fingerprint density at radius 2 is 1.84 bits per heavy atom. The summed E-state index contributed by atoms with van der Waals surface area (Å²) in [6.45, 7) is 6.69. The Balaban J connectivity index is 1.52. The number of fused-ring (bicyclic) bond motifs is 2. The van der Waals surface area contributed by atoms with E-state index >= 15 is 0 Å². The Bertz CT molecular complexity index is 1290. The molecule has 6 heteroatoms. The van der Waals surface area contributed by atoms with E-state index in [0.717, 1.165) is 25.5 Å². The zero-order chi connectivity index (χ0) is 21.4. The average Bonchev–Trinajstić information content (AvgIpc) is 2.78. The van der Waals surface area contributed by atoms with E-state index in [0.29, 0.717) is 17.9 Å². The van der Waals surface area contributed by atoms with E-state index in [2.05, 4.69) is 71.2 Å². The Labute approximate surface area is 181 Å². The quantitative estimate of drug-likeness (QED) is 0.509. The minimum Gasteiger partial charge on any atom is -0.341 e. The Morgan fingerprint density at radius 1 is 1.00 bits per heavy atom. The predicted octanol–water partition coefficient (Wildman–Crippen LogP) is 3.94. The normalized spacial score (nSPS) is 15.1. The Kier molecular flexibility index (Phi) is 4.77. The molecule has 0 saturated carbocycles. The summed E-state index contributed by atoms with van der Waals surface area (Å²) in [6.07, 6.45) is 4.03. The summed E-state index contributed by atoms with van der Waals surface area (Å²) in [7, 11) is 0. The van der Waals surface area contributed by atoms with Gasteiger partial charge in [-0.05, 0) is 28.8 Å². The number of benzene rings is 2. The van der Waals surface area contributed by atoms with Crippen molar-refractivity contribution in [3.8, 4) is 11.4 Å². The first kappa shape index (κ1) is 19.4. The minimum atomic E-state index is -0.0402. The molecule has 5 rings (SSSR count). The van der Waals surface area contributed by atoms with E-state index < -0.39 is 0 Å². The Morgan fingerprint density at radius 3 is 2.68 bits per heavy atom. The molecule has 2 aromatic heterocycles. The van der Waals surface area contributed by atoms with Gasteiger partial charge in [0.15, 0.2) is 0 Å². The molecular weight excluding hydrogens is 386 g/mol. The average molecular weight is 412 g/mol. The number of rotatable bonds is 4. The number of hydrogen-bond donors (Lipinski definition) is 0. The van der Waals surface area contributed by atoms with Gasteiger partial charge in [0.1, 0.15) is 6.33 Å². The molecule has 156 valence electrons. The minimum absolute atomic E-state index is 0.0201. The van der Waals surface area contributed by atoms with Crippen molar-refractivity contribution in [1.82, 2.24) is 19.5 Å². The highest BCUT2D eigenvalue weighted by Crippen LogP contribution is 2.30. The molecule has 0 amide bonds. The van der Waals surface area contributed by atoms with E-state index in [1.54, 1.807) is 22.9 Å². The molecule has 2 aromatic carbocycles. The summed E-state index contributed by atoms with van der Waals surface area (Å²) < 4.78 is 1.80. The molecule has 0 radical (unpaired) electrons. The third-order valence-corrected chi connectivity index (χ3v) is 5.85. The largest absolute Gasteiger partial charge is 0.341 e. The van der Waals surface area contributed by atoms with Crippen LogP contribution < -0.4 is 10.5 Å². The maximum atomic E-state index is 13.0. The highest BCUT2D eigenvalue weighted by atomic mass is 16.1. The number of aromatic nitrogens is 4. The van der Waals surface area contributed by atoms with Crippen molar-refractivity contribution in [3.05, 3.63) is 83.0 Å². The first-order valence-corrected chi connectivity index (χ1v) is 10.6. The number of anilines is 1. The molecule has 0 saturated heterocycles. The zero-order valence-corrected chi connectivity index (χ0v) is 17.8. The molecule has 0 fully saturated rings. The summed E-state index contributed by atoms with van der Waals surface area (Å²) >= 11 is 0. The van der Waals surface area contributed by atoms with Crippen LogP contribution in [0.15, 0.2) is 71.9 Å². The molecule has 0 spiro atoms. The number of nitrogens with zero attached hydrogens (tertiary/aromatic N) is 5. The van der Waals surface area contributed by atoms with Crippen molar-refractivity contribution >= 4 is 16.7 Å². The van der Waals surface area contributed by atoms with Gasteiger partial charge in [-0.25, -0.2) is 15.0 Å². The van der Waals surface area contributed by atoms with Crippen molar-refractivity contribution in [2.45, 2.75) is 26.8 Å². The fraction of sp³-hybridized carbons (Fsp3) is 0.280. The van der Waals surface area contributed by atoms with Crippen molar-refractivity contribution in [3.63, 3.8) is 0 Å². The van der Waals surface area contributed by atoms with Crippen LogP contribution in [0.25, 0.3) is 22.2 Å². The molecule has 31 heavy (non-hydrogen) atoms. The second kappa shape index (κ2) is 7.61. The van der Waals surface area contributed by atoms with Crippen LogP contribution >= 0.6 is 0 Å². The van der Waals surface area contributed by atoms with E-state index in [-0.39, 0.29) is 11.0 Å². The molecule has 0 bridgehead atoms. The standard InChI is InChI=1S/C25H25N5O/c1-25(2)15-29(13-11-19-8-5-7-18-6-3-4-9-20(18)19)24-28-22(14-23(31)30(24)16-25)21-10-12-26-17-27-21/h3-10,12,14,17H,11,13,15-16H2,1-2H3. The molecule has 1 aliphatic heterocycles. The van der Waals surface area contributed by atoms with Gasteiger partial charge in [-0.2, -0.15) is 0 Å². The van der Waals surface area contributed by atoms with Crippen molar-refractivity contribution in [2.24, 2.45) is 5.41 Å². The molecule has 3 heterocycles. The van der Waals surface area contributed by atoms with Gasteiger partial charge < -0.3 is 4.90 Å². The summed E-state index contributed by atoms with van der Waals surface area (Å²) in [5.41, 5.74) is 2.50. The summed E-state index contributed by atoms with van der Waals surface area (Å²) in [6, 6.07) is 18.3. The van der Waals surface area contributed by atoms with Crippen molar-refractivity contribution in [1.29, 1.82) is 0 Å². The number of hydrogen-bond acceptors (Lipinski definition) is 5. The monoisotopic (exact) mass is 411 g/mol. The summed E-state index contributed by atoms with van der Waals surface area (Å²) in [5.74, 6) is 0.723. The van der Waals surface area contributed by atoms with Crippen LogP contribution in [0.4, 0.5) is 5.95 Å². The lowest BCUT2D eigenvalue weighted by atomic mass is 9.90. The van der Waals surface area contributed by atoms with Gasteiger partial charge in [-0.3, -0.25) is 9.36 Å². The summed E-state index contributed by atoms with van der Waals surface area (Å²) in [5, 5.41) is 2.53. The molecule has 6 nitrogen and oxygen atoms in total. The molecule has 0 atom stereocenters. The van der Waals surface area contributed by atoms with Crippen LogP contribution in [0, 0.1) is 5.41 Å². The Hall–Kier alpha value is -3.54. The summed E-state index contributed by atoms with van der Waals surface area (Å²) in [4.78, 5) is 28.4. The third-order valence-electron chi connectivity index (χ3n) is 5.85. The third kappa shape index (κ3) is 3.81. The fourth-order valence-corrected chi connectivity index (χ4v) is 4.47. The SMILES string of the molecule is CC1(C)CN(CCc2cccc3ccccc23)c2nc(-c3ccncn3)cc(=O)n2C1. The van der Waals surface area contributed by atoms with Gasteiger partial charge in [-0.1, -0.05) is 56.3 Å². The topological polar surface area (TPSA) is 63.9 Å². The van der Waals surface area contributed by atoms with Crippen LogP contribution in [0.5, 0.6) is 0 Å². The maximum Gasteiger partial charge on any atom is 0.255 e. The zero-order valence-electron chi connectivity index (χ0n) is 17.8. The second-order valence-electron chi connectivity index (χ2n) is 8.93. The van der Waals surface area contributed by atoms with Crippen molar-refractivity contribution < 1.29 is 0 Å². The van der Waals surface area contributed by atoms with Crippen LogP contribution in [0.1, 0.15) is 19.4 Å². The van der Waals surface area contributed by atoms with E-state index in [1.807, 2.05) is 0 Å². The smallest absolute Gasteiger partial charge is 0.255 e. The van der Waals surface area contributed by atoms with Crippen LogP contribution in [0.2, 0.25) is 0 Å². The fourth-order valence-electron chi connectivity index (χ4n) is 4.47. The first-order valence-electron chi connectivity index (χ1n) is 10.6. The van der Waals surface area contributed by atoms with Crippen molar-refractivity contribution in [2.75, 3.05) is 18.0 Å². The molecule has 0 N–H and O–H groups in total. The molecule has 4 aromatic rings. The van der Waals surface area contributed by atoms with E-state index in [1.165, 1.54) is 22.7 Å². The van der Waals surface area contributed by atoms with Gasteiger partial charge in [0.25, 0.3) is 5.56 Å². The van der Waals surface area contributed by atoms with Gasteiger partial charge in [0.2, 0.25) is 5.95 Å².